The molecule has 1 aliphatic rings. The van der Waals surface area contributed by atoms with Crippen LogP contribution in [0.15, 0.2) is 48.5 Å². The number of hydrogen-bond acceptors (Lipinski definition) is 4. The average molecular weight is 458 g/mol. The smallest absolute Gasteiger partial charge is 0.258 e. The van der Waals surface area contributed by atoms with Crippen LogP contribution in [0.1, 0.15) is 53.6 Å². The van der Waals surface area contributed by atoms with Crippen molar-refractivity contribution in [2.75, 3.05) is 26.0 Å². The summed E-state index contributed by atoms with van der Waals surface area (Å²) in [6.07, 6.45) is 1.51. The Kier molecular flexibility index (Phi) is 5.73. The van der Waals surface area contributed by atoms with Crippen LogP contribution in [0.2, 0.25) is 0 Å². The summed E-state index contributed by atoms with van der Waals surface area (Å²) in [5.41, 5.74) is 4.09. The van der Waals surface area contributed by atoms with Gasteiger partial charge >= 0.3 is 0 Å². The maximum Gasteiger partial charge on any atom is 0.258 e. The molecule has 0 radical (unpaired) electrons. The van der Waals surface area contributed by atoms with E-state index in [0.717, 1.165) is 47.1 Å². The third kappa shape index (κ3) is 3.90. The van der Waals surface area contributed by atoms with Gasteiger partial charge < -0.3 is 14.0 Å². The van der Waals surface area contributed by atoms with E-state index in [0.29, 0.717) is 17.9 Å². The van der Waals surface area contributed by atoms with Crippen molar-refractivity contribution >= 4 is 39.6 Å². The minimum atomic E-state index is -0.204. The number of carbonyl (C=O) groups is 2. The molecule has 0 spiro atoms. The molecule has 1 N–H and O–H groups in total. The Labute approximate surface area is 199 Å². The minimum Gasteiger partial charge on any atom is -0.335 e. The van der Waals surface area contributed by atoms with Crippen molar-refractivity contribution in [2.24, 2.45) is 5.92 Å². The highest BCUT2D eigenvalue weighted by molar-refractivity contribution is 6.07. The van der Waals surface area contributed by atoms with Crippen molar-refractivity contribution in [1.29, 1.82) is 0 Å². The molecule has 1 aliphatic heterocycles. The Morgan fingerprint density at radius 1 is 1.12 bits per heavy atom. The molecule has 7 nitrogen and oxygen atoms in total. The number of ketones is 1. The largest absolute Gasteiger partial charge is 0.335 e. The Hall–Kier alpha value is -3.45. The second-order valence-corrected chi connectivity index (χ2v) is 9.71. The van der Waals surface area contributed by atoms with Gasteiger partial charge in [0.15, 0.2) is 5.78 Å². The molecule has 0 saturated heterocycles. The number of carbonyl (C=O) groups excluding carboxylic acids is 2. The van der Waals surface area contributed by atoms with Gasteiger partial charge in [-0.2, -0.15) is 0 Å². The molecule has 2 aromatic heterocycles. The molecule has 0 aliphatic carbocycles. The fourth-order valence-corrected chi connectivity index (χ4v) is 4.95. The van der Waals surface area contributed by atoms with Gasteiger partial charge in [0.25, 0.3) is 5.91 Å². The minimum absolute atomic E-state index is 0.166. The first-order valence-electron chi connectivity index (χ1n) is 11.9. The molecule has 1 amide bonds. The molecule has 34 heavy (non-hydrogen) atoms. The lowest BCUT2D eigenvalue weighted by atomic mass is 9.92. The van der Waals surface area contributed by atoms with Gasteiger partial charge in [-0.05, 0) is 70.2 Å². The van der Waals surface area contributed by atoms with Gasteiger partial charge in [-0.1, -0.05) is 25.1 Å². The van der Waals surface area contributed by atoms with Gasteiger partial charge in [-0.15, -0.1) is 0 Å². The lowest BCUT2D eigenvalue weighted by molar-refractivity contribution is 0.0912. The molecular weight excluding hydrogens is 426 g/mol. The van der Waals surface area contributed by atoms with Crippen LogP contribution in [0.4, 0.5) is 5.95 Å². The summed E-state index contributed by atoms with van der Waals surface area (Å²) in [7, 11) is 4.11. The molecule has 4 aromatic rings. The van der Waals surface area contributed by atoms with Crippen LogP contribution in [-0.2, 0) is 6.54 Å². The standard InChI is InChI=1S/C27H31N5O2/c1-17-14-25(33)24-15-19-10-11-20(16-23(19)32(24)18(17)2)26(34)29-27-28-21-8-5-6-9-22(21)31(27)13-7-12-30(3)4/h5-6,8-11,15-18H,7,12-14H2,1-4H3,(H,28,29,34)/t17-,18-/m1/s1. The Morgan fingerprint density at radius 3 is 2.71 bits per heavy atom. The van der Waals surface area contributed by atoms with E-state index in [2.05, 4.69) is 47.3 Å². The number of imidazole rings is 1. The lowest BCUT2D eigenvalue weighted by Gasteiger charge is -2.29. The number of Topliss-reactive ketones (excluding diaryl/α,β-unsaturated/α-hetero) is 1. The van der Waals surface area contributed by atoms with E-state index < -0.39 is 0 Å². The highest BCUT2D eigenvalue weighted by atomic mass is 16.2. The van der Waals surface area contributed by atoms with Crippen molar-refractivity contribution in [3.05, 3.63) is 59.8 Å². The predicted octanol–water partition coefficient (Wildman–Crippen LogP) is 4.98. The first kappa shape index (κ1) is 22.3. The summed E-state index contributed by atoms with van der Waals surface area (Å²) in [5, 5.41) is 4.03. The number of amides is 1. The highest BCUT2D eigenvalue weighted by Crippen LogP contribution is 2.35. The van der Waals surface area contributed by atoms with Crippen LogP contribution in [0, 0.1) is 5.92 Å². The Morgan fingerprint density at radius 2 is 1.91 bits per heavy atom. The summed E-state index contributed by atoms with van der Waals surface area (Å²) in [5.74, 6) is 0.776. The van der Waals surface area contributed by atoms with Gasteiger partial charge in [0.1, 0.15) is 0 Å². The van der Waals surface area contributed by atoms with Crippen LogP contribution in [-0.4, -0.2) is 51.3 Å². The quantitative estimate of drug-likeness (QED) is 0.443. The zero-order chi connectivity index (χ0) is 24.0. The fraction of sp³-hybridized carbons (Fsp3) is 0.370. The molecule has 0 unspecified atom stereocenters. The van der Waals surface area contributed by atoms with Crippen LogP contribution in [0.5, 0.6) is 0 Å². The number of aromatic nitrogens is 3. The summed E-state index contributed by atoms with van der Waals surface area (Å²) in [6, 6.07) is 15.7. The molecule has 3 heterocycles. The van der Waals surface area contributed by atoms with Crippen molar-refractivity contribution in [2.45, 2.75) is 39.3 Å². The number of nitrogens with zero attached hydrogens (tertiary/aromatic N) is 4. The van der Waals surface area contributed by atoms with Crippen molar-refractivity contribution in [3.8, 4) is 0 Å². The van der Waals surface area contributed by atoms with Gasteiger partial charge in [0.05, 0.1) is 16.7 Å². The topological polar surface area (TPSA) is 72.2 Å². The fourth-order valence-electron chi connectivity index (χ4n) is 4.95. The third-order valence-electron chi connectivity index (χ3n) is 6.99. The van der Waals surface area contributed by atoms with Crippen molar-refractivity contribution in [3.63, 3.8) is 0 Å². The van der Waals surface area contributed by atoms with E-state index in [1.807, 2.05) is 48.5 Å². The number of anilines is 1. The maximum atomic E-state index is 13.3. The highest BCUT2D eigenvalue weighted by Gasteiger charge is 2.30. The predicted molar refractivity (Wildman–Crippen MR) is 136 cm³/mol. The second kappa shape index (κ2) is 8.72. The molecule has 2 aromatic carbocycles. The molecule has 176 valence electrons. The van der Waals surface area contributed by atoms with Crippen LogP contribution in [0.25, 0.3) is 21.9 Å². The van der Waals surface area contributed by atoms with E-state index in [9.17, 15) is 9.59 Å². The SMILES string of the molecule is C[C@@H]1CC(=O)c2cc3ccc(C(=O)Nc4nc5ccccc5n4CCCN(C)C)cc3n2[C@@H]1C. The summed E-state index contributed by atoms with van der Waals surface area (Å²) in [4.78, 5) is 32.8. The van der Waals surface area contributed by atoms with Gasteiger partial charge in [0, 0.05) is 35.5 Å². The zero-order valence-corrected chi connectivity index (χ0v) is 20.2. The molecule has 0 saturated carbocycles. The number of aryl methyl sites for hydroxylation is 1. The first-order valence-corrected chi connectivity index (χ1v) is 11.9. The van der Waals surface area contributed by atoms with Gasteiger partial charge in [-0.25, -0.2) is 4.98 Å². The van der Waals surface area contributed by atoms with E-state index in [1.54, 1.807) is 0 Å². The normalized spacial score (nSPS) is 18.1. The molecule has 0 bridgehead atoms. The number of rotatable bonds is 6. The van der Waals surface area contributed by atoms with Crippen LogP contribution >= 0.6 is 0 Å². The van der Waals surface area contributed by atoms with Crippen molar-refractivity contribution in [1.82, 2.24) is 19.0 Å². The maximum absolute atomic E-state index is 13.3. The number of benzene rings is 2. The monoisotopic (exact) mass is 457 g/mol. The Bertz CT molecular complexity index is 1400. The van der Waals surface area contributed by atoms with Crippen LogP contribution < -0.4 is 5.32 Å². The molecule has 7 heteroatoms. The summed E-state index contributed by atoms with van der Waals surface area (Å²) >= 11 is 0. The second-order valence-electron chi connectivity index (χ2n) is 9.71. The lowest BCUT2D eigenvalue weighted by Crippen LogP contribution is -2.26. The Balaban J connectivity index is 1.48. The number of para-hydroxylation sites is 2. The molecule has 0 fully saturated rings. The number of nitrogens with one attached hydrogen (secondary N) is 1. The summed E-state index contributed by atoms with van der Waals surface area (Å²) in [6.45, 7) is 5.96. The zero-order valence-electron chi connectivity index (χ0n) is 20.2. The average Bonchev–Trinajstić information content (AvgIpc) is 3.36. The molecule has 2 atom stereocenters. The van der Waals surface area contributed by atoms with E-state index in [4.69, 9.17) is 4.98 Å². The first-order chi connectivity index (χ1) is 16.3. The van der Waals surface area contributed by atoms with E-state index in [-0.39, 0.29) is 23.7 Å². The van der Waals surface area contributed by atoms with E-state index >= 15 is 0 Å². The van der Waals surface area contributed by atoms with Gasteiger partial charge in [0.2, 0.25) is 5.95 Å². The van der Waals surface area contributed by atoms with Crippen molar-refractivity contribution < 1.29 is 9.59 Å². The molecule has 5 rings (SSSR count). The van der Waals surface area contributed by atoms with Crippen LogP contribution in [0.3, 0.4) is 0 Å². The number of hydrogen-bond donors (Lipinski definition) is 1. The summed E-state index contributed by atoms with van der Waals surface area (Å²) < 4.78 is 4.18. The third-order valence-corrected chi connectivity index (χ3v) is 6.99. The van der Waals surface area contributed by atoms with Gasteiger partial charge in [-0.3, -0.25) is 14.9 Å². The number of fused-ring (bicyclic) bond motifs is 4. The molecular formula is C27H31N5O2. The van der Waals surface area contributed by atoms with E-state index in [1.165, 1.54) is 0 Å².